The van der Waals surface area contributed by atoms with E-state index in [-0.39, 0.29) is 48.5 Å². The van der Waals surface area contributed by atoms with Crippen molar-refractivity contribution in [1.82, 2.24) is 15.6 Å². The van der Waals surface area contributed by atoms with Crippen LogP contribution < -0.4 is 26.2 Å². The van der Waals surface area contributed by atoms with Gasteiger partial charge in [0.2, 0.25) is 5.56 Å². The second-order valence-corrected chi connectivity index (χ2v) is 14.0. The van der Waals surface area contributed by atoms with Crippen LogP contribution in [-0.4, -0.2) is 78.1 Å². The van der Waals surface area contributed by atoms with Gasteiger partial charge in [-0.2, -0.15) is 0 Å². The molecule has 1 fully saturated rings. The topological polar surface area (TPSA) is 162 Å². The Hall–Kier alpha value is -5.69. The van der Waals surface area contributed by atoms with Gasteiger partial charge in [-0.25, -0.2) is 4.79 Å². The lowest BCUT2D eigenvalue weighted by Crippen LogP contribution is -2.48. The van der Waals surface area contributed by atoms with Crippen molar-refractivity contribution in [3.63, 3.8) is 0 Å². The molecule has 2 heterocycles. The number of likely N-dealkylation sites (tertiary alicyclic amines) is 1. The van der Waals surface area contributed by atoms with Crippen LogP contribution in [0.5, 0.6) is 11.5 Å². The molecule has 1 aromatic heterocycles. The maximum atomic E-state index is 13.0. The van der Waals surface area contributed by atoms with E-state index in [1.165, 1.54) is 12.1 Å². The Balaban J connectivity index is 0.976. The van der Waals surface area contributed by atoms with E-state index >= 15 is 0 Å². The number of pyridine rings is 1. The van der Waals surface area contributed by atoms with Gasteiger partial charge in [0.25, 0.3) is 5.91 Å². The minimum Gasteiger partial charge on any atom is -0.506 e. The highest BCUT2D eigenvalue weighted by Crippen LogP contribution is 2.31. The van der Waals surface area contributed by atoms with Crippen molar-refractivity contribution < 1.29 is 33.8 Å². The molecule has 0 bridgehead atoms. The van der Waals surface area contributed by atoms with Gasteiger partial charge < -0.3 is 39.8 Å². The minimum absolute atomic E-state index is 0.0597. The van der Waals surface area contributed by atoms with Crippen LogP contribution in [0.2, 0.25) is 0 Å². The highest BCUT2D eigenvalue weighted by atomic mass is 16.6. The van der Waals surface area contributed by atoms with Crippen molar-refractivity contribution in [3.8, 4) is 22.6 Å². The normalized spacial score (nSPS) is 14.7. The number of aliphatic hydroxyl groups is 1. The van der Waals surface area contributed by atoms with Crippen molar-refractivity contribution in [1.29, 1.82) is 0 Å². The maximum Gasteiger partial charge on any atom is 0.411 e. The van der Waals surface area contributed by atoms with Gasteiger partial charge in [-0.15, -0.1) is 0 Å². The van der Waals surface area contributed by atoms with Gasteiger partial charge in [-0.05, 0) is 52.6 Å². The lowest BCUT2D eigenvalue weighted by atomic mass is 10.0. The summed E-state index contributed by atoms with van der Waals surface area (Å²) in [6, 6.07) is 28.8. The fourth-order valence-electron chi connectivity index (χ4n) is 6.44. The van der Waals surface area contributed by atoms with E-state index in [2.05, 4.69) is 35.0 Å². The molecule has 1 aliphatic rings. The number of phenols is 1. The number of anilines is 1. The fraction of sp³-hybridized carbons (Fsp3) is 0.293. The SMILES string of the molecule is C[N+]1(C)CCC(OC(=O)Nc2cc(CNC(=O)COc3ccc(CNC[C@@H](O)c4ccc(O)c5[nH]c(=O)ccc45)cc3)ccc2-c2ccccc2)CC1. The van der Waals surface area contributed by atoms with Crippen LogP contribution in [0, 0.1) is 0 Å². The number of aromatic amines is 1. The smallest absolute Gasteiger partial charge is 0.411 e. The van der Waals surface area contributed by atoms with Crippen molar-refractivity contribution in [3.05, 3.63) is 124 Å². The summed E-state index contributed by atoms with van der Waals surface area (Å²) in [7, 11) is 4.37. The standard InChI is InChI=1S/C41H45N5O7/c1-46(2)20-18-31(19-21-46)53-41(51)44-35-22-28(10-13-32(35)29-6-4-3-5-7-29)24-43-39(50)26-52-30-11-8-27(9-12-30)23-42-25-37(48)33-14-16-36(47)40-34(33)15-17-38(49)45-40/h3-17,22,31,37,42,48H,18-21,23-26H2,1-2H3,(H3-,43,44,45,47,49,50,51)/p+1/t37-/m1/s1. The van der Waals surface area contributed by atoms with Crippen molar-refractivity contribution in [2.24, 2.45) is 0 Å². The van der Waals surface area contributed by atoms with E-state index < -0.39 is 12.2 Å². The Labute approximate surface area is 308 Å². The average Bonchev–Trinajstić information content (AvgIpc) is 3.15. The number of carbonyl (C=O) groups is 2. The molecule has 4 aromatic carbocycles. The van der Waals surface area contributed by atoms with E-state index in [9.17, 15) is 24.6 Å². The number of amides is 2. The highest BCUT2D eigenvalue weighted by molar-refractivity contribution is 5.92. The molecule has 1 aliphatic heterocycles. The number of piperidine rings is 1. The first-order chi connectivity index (χ1) is 25.5. The number of carbonyl (C=O) groups excluding carboxylic acids is 2. The number of benzene rings is 4. The van der Waals surface area contributed by atoms with Crippen LogP contribution in [0.1, 0.15) is 35.6 Å². The Bertz CT molecular complexity index is 2090. The molecule has 2 amide bonds. The van der Waals surface area contributed by atoms with E-state index in [0.717, 1.165) is 52.7 Å². The number of nitrogens with one attached hydrogen (secondary N) is 4. The molecule has 0 radical (unpaired) electrons. The quantitative estimate of drug-likeness (QED) is 0.0905. The molecule has 1 saturated heterocycles. The number of quaternary nitrogens is 1. The molecular formula is C41H46N5O7+. The van der Waals surface area contributed by atoms with Gasteiger partial charge in [0.1, 0.15) is 17.6 Å². The zero-order chi connectivity index (χ0) is 37.4. The zero-order valence-electron chi connectivity index (χ0n) is 29.9. The Kier molecular flexibility index (Phi) is 11.7. The van der Waals surface area contributed by atoms with Gasteiger partial charge in [-0.3, -0.25) is 14.9 Å². The van der Waals surface area contributed by atoms with Crippen molar-refractivity contribution in [2.45, 2.75) is 38.1 Å². The number of aromatic nitrogens is 1. The molecule has 276 valence electrons. The predicted octanol–water partition coefficient (Wildman–Crippen LogP) is 5.21. The van der Waals surface area contributed by atoms with Crippen molar-refractivity contribution >= 4 is 28.6 Å². The average molecular weight is 721 g/mol. The first-order valence-electron chi connectivity index (χ1n) is 17.7. The molecule has 0 spiro atoms. The summed E-state index contributed by atoms with van der Waals surface area (Å²) >= 11 is 0. The number of fused-ring (bicyclic) bond motifs is 1. The van der Waals surface area contributed by atoms with E-state index in [1.807, 2.05) is 60.7 Å². The number of phenolic OH excluding ortho intramolecular Hbond substituents is 1. The third-order valence-electron chi connectivity index (χ3n) is 9.51. The maximum absolute atomic E-state index is 13.0. The van der Waals surface area contributed by atoms with Gasteiger partial charge in [-0.1, -0.05) is 60.7 Å². The summed E-state index contributed by atoms with van der Waals surface area (Å²) in [6.07, 6.45) is 0.157. The molecular weight excluding hydrogens is 674 g/mol. The first-order valence-corrected chi connectivity index (χ1v) is 17.7. The Morgan fingerprint density at radius 1 is 0.906 bits per heavy atom. The van der Waals surface area contributed by atoms with E-state index in [0.29, 0.717) is 28.9 Å². The van der Waals surface area contributed by atoms with E-state index in [1.54, 1.807) is 24.3 Å². The summed E-state index contributed by atoms with van der Waals surface area (Å²) in [6.45, 7) is 2.69. The van der Waals surface area contributed by atoms with Gasteiger partial charge in [0, 0.05) is 49.5 Å². The second kappa shape index (κ2) is 16.8. The number of hydrogen-bond acceptors (Lipinski definition) is 8. The number of aliphatic hydroxyl groups excluding tert-OH is 1. The minimum atomic E-state index is -0.870. The van der Waals surface area contributed by atoms with Crippen LogP contribution in [0.25, 0.3) is 22.0 Å². The van der Waals surface area contributed by atoms with Crippen LogP contribution >= 0.6 is 0 Å². The molecule has 0 unspecified atom stereocenters. The van der Waals surface area contributed by atoms with Gasteiger partial charge in [0.05, 0.1) is 44.5 Å². The van der Waals surface area contributed by atoms with Crippen LogP contribution in [0.15, 0.2) is 102 Å². The van der Waals surface area contributed by atoms with Crippen LogP contribution in [-0.2, 0) is 22.6 Å². The largest absolute Gasteiger partial charge is 0.506 e. The number of H-pyrrole nitrogens is 1. The third kappa shape index (κ3) is 10.0. The third-order valence-corrected chi connectivity index (χ3v) is 9.51. The number of rotatable bonds is 13. The first kappa shape index (κ1) is 37.1. The lowest BCUT2D eigenvalue weighted by molar-refractivity contribution is -0.896. The van der Waals surface area contributed by atoms with Gasteiger partial charge >= 0.3 is 6.09 Å². The molecule has 6 N–H and O–H groups in total. The summed E-state index contributed by atoms with van der Waals surface area (Å²) in [5.74, 6) is 0.178. The molecule has 12 nitrogen and oxygen atoms in total. The molecule has 1 atom stereocenters. The molecule has 0 aliphatic carbocycles. The number of aromatic hydroxyl groups is 1. The van der Waals surface area contributed by atoms with Crippen LogP contribution in [0.4, 0.5) is 10.5 Å². The molecule has 0 saturated carbocycles. The number of hydrogen-bond donors (Lipinski definition) is 6. The summed E-state index contributed by atoms with van der Waals surface area (Å²) in [5, 5.41) is 30.5. The second-order valence-electron chi connectivity index (χ2n) is 14.0. The van der Waals surface area contributed by atoms with Crippen LogP contribution in [0.3, 0.4) is 0 Å². The Morgan fingerprint density at radius 3 is 2.40 bits per heavy atom. The van der Waals surface area contributed by atoms with Gasteiger partial charge in [0.15, 0.2) is 6.61 Å². The van der Waals surface area contributed by atoms with Crippen molar-refractivity contribution in [2.75, 3.05) is 45.7 Å². The lowest BCUT2D eigenvalue weighted by Gasteiger charge is -2.36. The Morgan fingerprint density at radius 2 is 1.64 bits per heavy atom. The summed E-state index contributed by atoms with van der Waals surface area (Å²) in [4.78, 5) is 40.0. The number of nitrogens with zero attached hydrogens (tertiary/aromatic N) is 1. The summed E-state index contributed by atoms with van der Waals surface area (Å²) < 4.78 is 12.4. The molecule has 53 heavy (non-hydrogen) atoms. The number of ether oxygens (including phenoxy) is 2. The molecule has 6 rings (SSSR count). The zero-order valence-corrected chi connectivity index (χ0v) is 29.9. The molecule has 5 aromatic rings. The molecule has 12 heteroatoms. The summed E-state index contributed by atoms with van der Waals surface area (Å²) in [5.41, 5.74) is 4.69. The van der Waals surface area contributed by atoms with E-state index in [4.69, 9.17) is 9.47 Å². The highest BCUT2D eigenvalue weighted by Gasteiger charge is 2.28. The fourth-order valence-corrected chi connectivity index (χ4v) is 6.44. The predicted molar refractivity (Wildman–Crippen MR) is 204 cm³/mol. The monoisotopic (exact) mass is 720 g/mol.